The van der Waals surface area contributed by atoms with E-state index in [1.54, 1.807) is 31.4 Å². The van der Waals surface area contributed by atoms with Crippen molar-refractivity contribution in [3.8, 4) is 11.5 Å². The predicted molar refractivity (Wildman–Crippen MR) is 98.4 cm³/mol. The lowest BCUT2D eigenvalue weighted by atomic mass is 10.2. The zero-order valence-electron chi connectivity index (χ0n) is 15.7. The Bertz CT molecular complexity index is 729. The van der Waals surface area contributed by atoms with E-state index in [0.29, 0.717) is 36.1 Å². The fraction of sp³-hybridized carbons (Fsp3) is 0.421. The molecule has 1 fully saturated rings. The number of rotatable bonds is 8. The van der Waals surface area contributed by atoms with Gasteiger partial charge >= 0.3 is 12.0 Å². The summed E-state index contributed by atoms with van der Waals surface area (Å²) < 4.78 is 15.9. The zero-order chi connectivity index (χ0) is 19.8. The number of carbonyl (C=O) groups excluding carboxylic acids is 3. The molecule has 146 valence electrons. The Hall–Kier alpha value is -3.03. The average molecular weight is 376 g/mol. The van der Waals surface area contributed by atoms with Crippen molar-refractivity contribution in [3.05, 3.63) is 29.8 Å². The first-order chi connectivity index (χ1) is 12.9. The highest BCUT2D eigenvalue weighted by Gasteiger charge is 2.26. The molecule has 0 saturated carbocycles. The molecule has 1 aliphatic rings. The molecule has 27 heavy (non-hydrogen) atoms. The van der Waals surface area contributed by atoms with Crippen LogP contribution in [-0.4, -0.2) is 56.2 Å². The molecule has 3 amide bonds. The molecule has 0 unspecified atom stereocenters. The highest BCUT2D eigenvalue weighted by atomic mass is 16.5. The van der Waals surface area contributed by atoms with Crippen LogP contribution in [0.15, 0.2) is 24.3 Å². The second-order valence-corrected chi connectivity index (χ2v) is 6.33. The monoisotopic (exact) mass is 376 g/mol. The molecule has 0 spiro atoms. The Kier molecular flexibility index (Phi) is 7.22. The number of carbonyl (C=O) groups is 3. The van der Waals surface area contributed by atoms with Gasteiger partial charge in [0.1, 0.15) is 0 Å². The molecule has 1 N–H and O–H groups in total. The van der Waals surface area contributed by atoms with Gasteiger partial charge in [-0.3, -0.25) is 9.69 Å². The summed E-state index contributed by atoms with van der Waals surface area (Å²) in [5.41, 5.74) is 0.714. The first kappa shape index (κ1) is 20.3. The van der Waals surface area contributed by atoms with E-state index < -0.39 is 24.5 Å². The molecule has 0 aromatic heterocycles. The van der Waals surface area contributed by atoms with E-state index in [4.69, 9.17) is 14.2 Å². The summed E-state index contributed by atoms with van der Waals surface area (Å²) >= 11 is 0. The van der Waals surface area contributed by atoms with E-state index in [9.17, 15) is 14.4 Å². The van der Waals surface area contributed by atoms with Gasteiger partial charge in [-0.25, -0.2) is 9.59 Å². The van der Waals surface area contributed by atoms with E-state index >= 15 is 0 Å². The molecule has 1 saturated heterocycles. The standard InChI is InChI=1S/C19H24N2O6/c1-13(2)11-26-15-6-4-14(10-16(15)25-3)5-7-18(23)27-12-17(22)21-9-8-20-19(21)24/h4-7,10,13H,8-9,11-12H2,1-3H3,(H,20,24)/b7-5+. The number of nitrogens with zero attached hydrogens (tertiary/aromatic N) is 1. The minimum atomic E-state index is -0.679. The van der Waals surface area contributed by atoms with E-state index in [1.807, 2.05) is 0 Å². The molecular weight excluding hydrogens is 352 g/mol. The van der Waals surface area contributed by atoms with Gasteiger partial charge in [0, 0.05) is 19.2 Å². The second-order valence-electron chi connectivity index (χ2n) is 6.33. The molecular formula is C19H24N2O6. The SMILES string of the molecule is COc1cc(/C=C/C(=O)OCC(=O)N2CCNC2=O)ccc1OCC(C)C. The number of amides is 3. The summed E-state index contributed by atoms with van der Waals surface area (Å²) in [7, 11) is 1.54. The Morgan fingerprint density at radius 2 is 2.07 bits per heavy atom. The third-order valence-corrected chi connectivity index (χ3v) is 3.67. The van der Waals surface area contributed by atoms with Gasteiger partial charge in [0.15, 0.2) is 18.1 Å². The number of hydrogen-bond donors (Lipinski definition) is 1. The molecule has 8 nitrogen and oxygen atoms in total. The molecule has 2 rings (SSSR count). The van der Waals surface area contributed by atoms with Gasteiger partial charge < -0.3 is 19.5 Å². The Labute approximate surface area is 158 Å². The van der Waals surface area contributed by atoms with Crippen LogP contribution in [0.1, 0.15) is 19.4 Å². The lowest BCUT2D eigenvalue weighted by molar-refractivity contribution is -0.146. The fourth-order valence-corrected chi connectivity index (χ4v) is 2.30. The predicted octanol–water partition coefficient (Wildman–Crippen LogP) is 1.84. The van der Waals surface area contributed by atoms with Crippen LogP contribution in [0.25, 0.3) is 6.08 Å². The lowest BCUT2D eigenvalue weighted by Crippen LogP contribution is -2.37. The number of methoxy groups -OCH3 is 1. The molecule has 0 bridgehead atoms. The van der Waals surface area contributed by atoms with E-state index in [1.165, 1.54) is 6.08 Å². The normalized spacial score (nSPS) is 13.8. The van der Waals surface area contributed by atoms with Crippen molar-refractivity contribution in [1.82, 2.24) is 10.2 Å². The van der Waals surface area contributed by atoms with Crippen molar-refractivity contribution < 1.29 is 28.6 Å². The molecule has 1 aliphatic heterocycles. The van der Waals surface area contributed by atoms with Gasteiger partial charge in [0.25, 0.3) is 5.91 Å². The van der Waals surface area contributed by atoms with Crippen LogP contribution in [0.2, 0.25) is 0 Å². The van der Waals surface area contributed by atoms with Crippen LogP contribution in [-0.2, 0) is 14.3 Å². The summed E-state index contributed by atoms with van der Waals surface area (Å²) in [4.78, 5) is 35.9. The van der Waals surface area contributed by atoms with Crippen LogP contribution in [0.4, 0.5) is 4.79 Å². The van der Waals surface area contributed by atoms with Crippen molar-refractivity contribution >= 4 is 24.0 Å². The van der Waals surface area contributed by atoms with Crippen molar-refractivity contribution in [2.24, 2.45) is 5.92 Å². The molecule has 1 aromatic rings. The first-order valence-electron chi connectivity index (χ1n) is 8.64. The summed E-state index contributed by atoms with van der Waals surface area (Å²) in [5.74, 6) is 0.335. The quantitative estimate of drug-likeness (QED) is 0.550. The Morgan fingerprint density at radius 3 is 2.70 bits per heavy atom. The molecule has 8 heteroatoms. The van der Waals surface area contributed by atoms with Crippen LogP contribution in [0, 0.1) is 5.92 Å². The summed E-state index contributed by atoms with van der Waals surface area (Å²) in [6, 6.07) is 4.81. The van der Waals surface area contributed by atoms with Crippen LogP contribution in [0.5, 0.6) is 11.5 Å². The summed E-state index contributed by atoms with van der Waals surface area (Å²) in [6.07, 6.45) is 2.75. The highest BCUT2D eigenvalue weighted by molar-refractivity contribution is 5.97. The molecule has 0 aliphatic carbocycles. The van der Waals surface area contributed by atoms with Gasteiger partial charge in [-0.2, -0.15) is 0 Å². The summed E-state index contributed by atoms with van der Waals surface area (Å²) in [6.45, 7) is 4.86. The lowest BCUT2D eigenvalue weighted by Gasteiger charge is -2.13. The number of benzene rings is 1. The molecule has 1 heterocycles. The van der Waals surface area contributed by atoms with E-state index in [0.717, 1.165) is 4.90 Å². The van der Waals surface area contributed by atoms with Crippen LogP contribution >= 0.6 is 0 Å². The number of nitrogens with one attached hydrogen (secondary N) is 1. The maximum atomic E-state index is 11.8. The third-order valence-electron chi connectivity index (χ3n) is 3.67. The van der Waals surface area contributed by atoms with Gasteiger partial charge in [0.2, 0.25) is 0 Å². The molecule has 1 aromatic carbocycles. The topological polar surface area (TPSA) is 94.2 Å². The minimum Gasteiger partial charge on any atom is -0.493 e. The number of hydrogen-bond acceptors (Lipinski definition) is 6. The maximum Gasteiger partial charge on any atom is 0.331 e. The van der Waals surface area contributed by atoms with Crippen LogP contribution in [0.3, 0.4) is 0 Å². The third kappa shape index (κ3) is 6.02. The first-order valence-corrected chi connectivity index (χ1v) is 8.64. The highest BCUT2D eigenvalue weighted by Crippen LogP contribution is 2.29. The number of urea groups is 1. The van der Waals surface area contributed by atoms with Crippen LogP contribution < -0.4 is 14.8 Å². The van der Waals surface area contributed by atoms with Crippen molar-refractivity contribution in [2.45, 2.75) is 13.8 Å². The molecule has 0 atom stereocenters. The molecule has 0 radical (unpaired) electrons. The zero-order valence-corrected chi connectivity index (χ0v) is 15.7. The van der Waals surface area contributed by atoms with Gasteiger partial charge in [-0.1, -0.05) is 19.9 Å². The Balaban J connectivity index is 1.89. The number of ether oxygens (including phenoxy) is 3. The second kappa shape index (κ2) is 9.61. The summed E-state index contributed by atoms with van der Waals surface area (Å²) in [5, 5.41) is 2.50. The smallest absolute Gasteiger partial charge is 0.331 e. The van der Waals surface area contributed by atoms with E-state index in [-0.39, 0.29) is 6.54 Å². The Morgan fingerprint density at radius 1 is 1.30 bits per heavy atom. The number of imide groups is 1. The number of esters is 1. The van der Waals surface area contributed by atoms with Crippen molar-refractivity contribution in [3.63, 3.8) is 0 Å². The van der Waals surface area contributed by atoms with Gasteiger partial charge in [0.05, 0.1) is 13.7 Å². The minimum absolute atomic E-state index is 0.274. The van der Waals surface area contributed by atoms with Gasteiger partial charge in [-0.15, -0.1) is 0 Å². The average Bonchev–Trinajstić information content (AvgIpc) is 3.08. The van der Waals surface area contributed by atoms with Gasteiger partial charge in [-0.05, 0) is 29.7 Å². The van der Waals surface area contributed by atoms with E-state index in [2.05, 4.69) is 19.2 Å². The van der Waals surface area contributed by atoms with Crippen molar-refractivity contribution in [1.29, 1.82) is 0 Å². The fourth-order valence-electron chi connectivity index (χ4n) is 2.30. The largest absolute Gasteiger partial charge is 0.493 e. The van der Waals surface area contributed by atoms with Crippen molar-refractivity contribution in [2.75, 3.05) is 33.4 Å². The maximum absolute atomic E-state index is 11.8.